The van der Waals surface area contributed by atoms with Crippen molar-refractivity contribution in [2.75, 3.05) is 6.61 Å². The van der Waals surface area contributed by atoms with Crippen molar-refractivity contribution in [2.24, 2.45) is 0 Å². The monoisotopic (exact) mass is 270 g/mol. The van der Waals surface area contributed by atoms with E-state index in [1.54, 1.807) is 44.2 Å². The van der Waals surface area contributed by atoms with Crippen LogP contribution in [0.15, 0.2) is 30.3 Å². The van der Waals surface area contributed by atoms with Gasteiger partial charge in [-0.05, 0) is 19.1 Å². The lowest BCUT2D eigenvalue weighted by Crippen LogP contribution is -1.93. The van der Waals surface area contributed by atoms with Gasteiger partial charge in [-0.25, -0.2) is 4.79 Å². The molecular weight excluding hydrogens is 252 g/mol. The number of carboxylic acids is 2. The van der Waals surface area contributed by atoms with E-state index in [4.69, 9.17) is 10.2 Å². The molecule has 0 radical (unpaired) electrons. The summed E-state index contributed by atoms with van der Waals surface area (Å²) >= 11 is 0. The van der Waals surface area contributed by atoms with Crippen LogP contribution in [0, 0.1) is 0 Å². The van der Waals surface area contributed by atoms with Gasteiger partial charge in [-0.1, -0.05) is 25.1 Å². The number of carbonyl (C=O) groups excluding carboxylic acids is 1. The van der Waals surface area contributed by atoms with Gasteiger partial charge in [0.1, 0.15) is 0 Å². The van der Waals surface area contributed by atoms with Gasteiger partial charge in [0.2, 0.25) is 0 Å². The fourth-order valence-electron chi connectivity index (χ4n) is 0.649. The summed E-state index contributed by atoms with van der Waals surface area (Å²) in [5.41, 5.74) is 0.331. The van der Waals surface area contributed by atoms with Gasteiger partial charge in [-0.2, -0.15) is 0 Å². The highest BCUT2D eigenvalue weighted by Gasteiger charge is 1.96. The van der Waals surface area contributed by atoms with Gasteiger partial charge in [-0.3, -0.25) is 9.59 Å². The highest BCUT2D eigenvalue weighted by molar-refractivity contribution is 5.87. The van der Waals surface area contributed by atoms with Crippen molar-refractivity contribution in [1.29, 1.82) is 0 Å². The fourth-order valence-corrected chi connectivity index (χ4v) is 0.649. The third kappa shape index (κ3) is 15.6. The van der Waals surface area contributed by atoms with E-state index in [0.717, 1.165) is 0 Å². The zero-order chi connectivity index (χ0) is 15.1. The molecule has 1 rings (SSSR count). The Morgan fingerprint density at radius 1 is 1.16 bits per heavy atom. The first-order valence-electron chi connectivity index (χ1n) is 5.54. The van der Waals surface area contributed by atoms with Gasteiger partial charge >= 0.3 is 11.9 Å². The van der Waals surface area contributed by atoms with Crippen molar-refractivity contribution in [2.45, 2.75) is 20.3 Å². The number of hydrogen-bond donors (Lipinski definition) is 2. The Bertz CT molecular complexity index is 361. The standard InChI is InChI=1S/C7H6O2.2C3H6O2/c8-7(9)6-4-2-1-3-5-6;1-2-5-3-4;1-2-3(4)5/h1-5H,(H,8,9);3H,2H2,1H3;2H2,1H3,(H,4,5). The molecule has 0 saturated carbocycles. The number of hydrogen-bond acceptors (Lipinski definition) is 4. The number of aliphatic carboxylic acids is 1. The molecule has 0 spiro atoms. The van der Waals surface area contributed by atoms with Crippen molar-refractivity contribution in [1.82, 2.24) is 0 Å². The van der Waals surface area contributed by atoms with Crippen LogP contribution in [0.5, 0.6) is 0 Å². The topological polar surface area (TPSA) is 101 Å². The molecule has 0 aliphatic carbocycles. The minimum Gasteiger partial charge on any atom is -0.481 e. The van der Waals surface area contributed by atoms with Gasteiger partial charge in [0.25, 0.3) is 6.47 Å². The minimum atomic E-state index is -0.879. The number of ether oxygens (including phenoxy) is 1. The van der Waals surface area contributed by atoms with Crippen LogP contribution in [-0.2, 0) is 14.3 Å². The summed E-state index contributed by atoms with van der Waals surface area (Å²) in [6.45, 7) is 4.26. The first-order chi connectivity index (χ1) is 8.99. The number of benzene rings is 1. The molecule has 1 aromatic rings. The van der Waals surface area contributed by atoms with Crippen LogP contribution in [0.4, 0.5) is 0 Å². The Balaban J connectivity index is 0. The predicted octanol–water partition coefficient (Wildman–Crippen LogP) is 2.05. The Morgan fingerprint density at radius 3 is 1.79 bits per heavy atom. The Labute approximate surface area is 111 Å². The third-order valence-corrected chi connectivity index (χ3v) is 1.56. The van der Waals surface area contributed by atoms with Gasteiger partial charge < -0.3 is 14.9 Å². The van der Waals surface area contributed by atoms with Gasteiger partial charge in [0, 0.05) is 6.42 Å². The second kappa shape index (κ2) is 13.7. The molecule has 0 saturated heterocycles. The Kier molecular flexibility index (Phi) is 13.7. The van der Waals surface area contributed by atoms with Crippen LogP contribution in [0.25, 0.3) is 0 Å². The summed E-state index contributed by atoms with van der Waals surface area (Å²) in [7, 11) is 0. The summed E-state index contributed by atoms with van der Waals surface area (Å²) in [5, 5.41) is 16.1. The van der Waals surface area contributed by atoms with E-state index in [9.17, 15) is 14.4 Å². The molecule has 2 N–H and O–H groups in total. The van der Waals surface area contributed by atoms with E-state index < -0.39 is 11.9 Å². The van der Waals surface area contributed by atoms with Crippen LogP contribution < -0.4 is 0 Å². The second-order valence-corrected chi connectivity index (χ2v) is 2.97. The highest BCUT2D eigenvalue weighted by Crippen LogP contribution is 1.96. The quantitative estimate of drug-likeness (QED) is 0.812. The van der Waals surface area contributed by atoms with Crippen LogP contribution in [0.1, 0.15) is 30.6 Å². The van der Waals surface area contributed by atoms with Crippen LogP contribution in [0.3, 0.4) is 0 Å². The van der Waals surface area contributed by atoms with Gasteiger partial charge in [0.15, 0.2) is 0 Å². The molecule has 0 aliphatic rings. The summed E-state index contributed by atoms with van der Waals surface area (Å²) < 4.78 is 4.15. The van der Waals surface area contributed by atoms with Crippen molar-refractivity contribution < 1.29 is 29.3 Å². The molecule has 0 heterocycles. The van der Waals surface area contributed by atoms with Crippen molar-refractivity contribution in [3.8, 4) is 0 Å². The Hall–Kier alpha value is -2.37. The molecule has 106 valence electrons. The molecule has 0 aromatic heterocycles. The zero-order valence-corrected chi connectivity index (χ0v) is 10.9. The first kappa shape index (κ1) is 19.0. The lowest BCUT2D eigenvalue weighted by atomic mass is 10.2. The molecule has 6 nitrogen and oxygen atoms in total. The zero-order valence-electron chi connectivity index (χ0n) is 10.9. The van der Waals surface area contributed by atoms with E-state index in [2.05, 4.69) is 4.74 Å². The molecule has 6 heteroatoms. The maximum Gasteiger partial charge on any atom is 0.335 e. The molecule has 0 aliphatic heterocycles. The number of carboxylic acid groups (broad SMARTS) is 2. The van der Waals surface area contributed by atoms with Crippen molar-refractivity contribution >= 4 is 18.4 Å². The number of carbonyl (C=O) groups is 3. The number of aromatic carboxylic acids is 1. The molecule has 0 fully saturated rings. The smallest absolute Gasteiger partial charge is 0.335 e. The van der Waals surface area contributed by atoms with Crippen LogP contribution >= 0.6 is 0 Å². The lowest BCUT2D eigenvalue weighted by molar-refractivity contribution is -0.136. The molecule has 0 atom stereocenters. The molecular formula is C13H18O6. The normalized spacial score (nSPS) is 7.89. The fraction of sp³-hybridized carbons (Fsp3) is 0.308. The number of rotatable bonds is 4. The molecule has 0 bridgehead atoms. The molecule has 0 unspecified atom stereocenters. The molecule has 19 heavy (non-hydrogen) atoms. The summed E-state index contributed by atoms with van der Waals surface area (Å²) in [5.74, 6) is -1.62. The average molecular weight is 270 g/mol. The van der Waals surface area contributed by atoms with Crippen LogP contribution in [-0.4, -0.2) is 35.2 Å². The maximum absolute atomic E-state index is 10.2. The summed E-state index contributed by atoms with van der Waals surface area (Å²) in [6, 6.07) is 8.30. The maximum atomic E-state index is 10.2. The van der Waals surface area contributed by atoms with E-state index in [-0.39, 0.29) is 6.42 Å². The predicted molar refractivity (Wildman–Crippen MR) is 69.0 cm³/mol. The first-order valence-corrected chi connectivity index (χ1v) is 5.54. The molecule has 0 amide bonds. The highest BCUT2D eigenvalue weighted by atomic mass is 16.5. The summed E-state index contributed by atoms with van der Waals surface area (Å²) in [6.07, 6.45) is 0.222. The minimum absolute atomic E-state index is 0.222. The van der Waals surface area contributed by atoms with Crippen LogP contribution in [0.2, 0.25) is 0 Å². The van der Waals surface area contributed by atoms with E-state index in [1.807, 2.05) is 0 Å². The SMILES string of the molecule is CCC(=O)O.CCOC=O.O=C(O)c1ccccc1. The van der Waals surface area contributed by atoms with Gasteiger partial charge in [-0.15, -0.1) is 0 Å². The van der Waals surface area contributed by atoms with E-state index >= 15 is 0 Å². The lowest BCUT2D eigenvalue weighted by Gasteiger charge is -1.88. The third-order valence-electron chi connectivity index (χ3n) is 1.56. The summed E-state index contributed by atoms with van der Waals surface area (Å²) in [4.78, 5) is 28.8. The molecule has 1 aromatic carbocycles. The van der Waals surface area contributed by atoms with Crippen molar-refractivity contribution in [3.05, 3.63) is 35.9 Å². The second-order valence-electron chi connectivity index (χ2n) is 2.97. The average Bonchev–Trinajstić information content (AvgIpc) is 2.42. The Morgan fingerprint density at radius 2 is 1.63 bits per heavy atom. The van der Waals surface area contributed by atoms with E-state index in [1.165, 1.54) is 0 Å². The van der Waals surface area contributed by atoms with E-state index in [0.29, 0.717) is 18.6 Å². The largest absolute Gasteiger partial charge is 0.481 e. The van der Waals surface area contributed by atoms with Gasteiger partial charge in [0.05, 0.1) is 12.2 Å². The van der Waals surface area contributed by atoms with Crippen molar-refractivity contribution in [3.63, 3.8) is 0 Å².